The van der Waals surface area contributed by atoms with Gasteiger partial charge in [0.25, 0.3) is 0 Å². The third-order valence-corrected chi connectivity index (χ3v) is 2.95. The maximum Gasteiger partial charge on any atom is 0.0825 e. The van der Waals surface area contributed by atoms with Crippen LogP contribution in [0.3, 0.4) is 0 Å². The van der Waals surface area contributed by atoms with Crippen molar-refractivity contribution in [3.8, 4) is 0 Å². The largest absolute Gasteiger partial charge is 0.397 e. The Morgan fingerprint density at radius 1 is 1.36 bits per heavy atom. The number of anilines is 1. The number of hydrogen-bond donors (Lipinski definition) is 3. The van der Waals surface area contributed by atoms with Crippen molar-refractivity contribution in [2.75, 3.05) is 12.3 Å². The highest BCUT2D eigenvalue weighted by atomic mass is 35.5. The summed E-state index contributed by atoms with van der Waals surface area (Å²) in [6.45, 7) is 1.45. The van der Waals surface area contributed by atoms with E-state index in [-0.39, 0.29) is 11.6 Å². The Morgan fingerprint density at radius 3 is 2.43 bits per heavy atom. The molecule has 0 aliphatic carbocycles. The first-order valence-electron chi connectivity index (χ1n) is 4.04. The highest BCUT2D eigenvalue weighted by Crippen LogP contribution is 2.35. The Kier molecular flexibility index (Phi) is 3.27. The Bertz CT molecular complexity index is 353. The van der Waals surface area contributed by atoms with E-state index < -0.39 is 5.54 Å². The maximum atomic E-state index is 9.07. The smallest absolute Gasteiger partial charge is 0.0825 e. The van der Waals surface area contributed by atoms with E-state index in [0.717, 1.165) is 0 Å². The van der Waals surface area contributed by atoms with Gasteiger partial charge in [-0.2, -0.15) is 0 Å². The maximum absolute atomic E-state index is 9.07. The van der Waals surface area contributed by atoms with Crippen molar-refractivity contribution in [2.24, 2.45) is 5.73 Å². The third-order valence-electron chi connectivity index (χ3n) is 2.06. The lowest BCUT2D eigenvalue weighted by atomic mass is 9.94. The van der Waals surface area contributed by atoms with Crippen LogP contribution in [0.4, 0.5) is 5.69 Å². The van der Waals surface area contributed by atoms with Crippen LogP contribution < -0.4 is 11.5 Å². The van der Waals surface area contributed by atoms with Crippen LogP contribution in [0.1, 0.15) is 12.5 Å². The summed E-state index contributed by atoms with van der Waals surface area (Å²) in [5, 5.41) is 9.64. The lowest BCUT2D eigenvalue weighted by Gasteiger charge is -2.24. The molecule has 0 unspecified atom stereocenters. The number of aliphatic hydroxyl groups is 1. The standard InChI is InChI=1S/C9H12Cl2N2O/c1-9(13,4-14)5-2-3-6(12)8(11)7(5)10/h2-3,14H,4,12-13H2,1H3/t9-/m1/s1. The van der Waals surface area contributed by atoms with Gasteiger partial charge in [-0.3, -0.25) is 0 Å². The third kappa shape index (κ3) is 1.96. The SMILES string of the molecule is C[C@@](N)(CO)c1ccc(N)c(Cl)c1Cl. The topological polar surface area (TPSA) is 72.3 Å². The summed E-state index contributed by atoms with van der Waals surface area (Å²) in [5.41, 5.74) is 11.5. The first-order valence-corrected chi connectivity index (χ1v) is 4.79. The molecule has 0 heterocycles. The second-order valence-electron chi connectivity index (χ2n) is 3.41. The van der Waals surface area contributed by atoms with E-state index in [2.05, 4.69) is 0 Å². The van der Waals surface area contributed by atoms with Crippen LogP contribution in [0.5, 0.6) is 0 Å². The second-order valence-corrected chi connectivity index (χ2v) is 4.16. The molecule has 1 atom stereocenters. The number of nitrogens with two attached hydrogens (primary N) is 2. The molecular formula is C9H12Cl2N2O. The monoisotopic (exact) mass is 234 g/mol. The van der Waals surface area contributed by atoms with Gasteiger partial charge in [0.05, 0.1) is 27.9 Å². The van der Waals surface area contributed by atoms with Crippen LogP contribution >= 0.6 is 23.2 Å². The van der Waals surface area contributed by atoms with E-state index in [1.165, 1.54) is 0 Å². The average Bonchev–Trinajstić information content (AvgIpc) is 2.14. The molecular weight excluding hydrogens is 223 g/mol. The van der Waals surface area contributed by atoms with E-state index >= 15 is 0 Å². The molecule has 0 amide bonds. The first-order chi connectivity index (χ1) is 6.40. The summed E-state index contributed by atoms with van der Waals surface area (Å²) in [6.07, 6.45) is 0. The predicted octanol–water partition coefficient (Wildman–Crippen LogP) is 1.74. The predicted molar refractivity (Wildman–Crippen MR) is 59.5 cm³/mol. The van der Waals surface area contributed by atoms with Gasteiger partial charge in [-0.1, -0.05) is 29.3 Å². The molecule has 0 fully saturated rings. The van der Waals surface area contributed by atoms with Crippen molar-refractivity contribution in [3.63, 3.8) is 0 Å². The number of benzene rings is 1. The van der Waals surface area contributed by atoms with Gasteiger partial charge in [-0.25, -0.2) is 0 Å². The van der Waals surface area contributed by atoms with Gasteiger partial charge >= 0.3 is 0 Å². The van der Waals surface area contributed by atoms with Crippen molar-refractivity contribution >= 4 is 28.9 Å². The Labute approximate surface area is 92.6 Å². The molecule has 0 radical (unpaired) electrons. The highest BCUT2D eigenvalue weighted by molar-refractivity contribution is 6.44. The number of aliphatic hydroxyl groups excluding tert-OH is 1. The summed E-state index contributed by atoms with van der Waals surface area (Å²) in [7, 11) is 0. The molecule has 0 bridgehead atoms. The van der Waals surface area contributed by atoms with Crippen LogP contribution in [0.2, 0.25) is 10.0 Å². The number of nitrogen functional groups attached to an aromatic ring is 1. The molecule has 1 aromatic rings. The van der Waals surface area contributed by atoms with Crippen LogP contribution in [0.15, 0.2) is 12.1 Å². The van der Waals surface area contributed by atoms with Gasteiger partial charge in [0.1, 0.15) is 0 Å². The lowest BCUT2D eigenvalue weighted by Crippen LogP contribution is -2.37. The van der Waals surface area contributed by atoms with Crippen molar-refractivity contribution in [2.45, 2.75) is 12.5 Å². The minimum Gasteiger partial charge on any atom is -0.397 e. The second kappa shape index (κ2) is 3.95. The fourth-order valence-electron chi connectivity index (χ4n) is 1.09. The van der Waals surface area contributed by atoms with Gasteiger partial charge in [0.15, 0.2) is 0 Å². The molecule has 78 valence electrons. The average molecular weight is 235 g/mol. The van der Waals surface area contributed by atoms with Crippen molar-refractivity contribution < 1.29 is 5.11 Å². The van der Waals surface area contributed by atoms with E-state index in [0.29, 0.717) is 16.3 Å². The van der Waals surface area contributed by atoms with E-state index in [1.807, 2.05) is 0 Å². The Balaban J connectivity index is 3.31. The van der Waals surface area contributed by atoms with Gasteiger partial charge in [-0.05, 0) is 18.6 Å². The minimum atomic E-state index is -0.908. The molecule has 5 N–H and O–H groups in total. The van der Waals surface area contributed by atoms with Gasteiger partial charge in [0, 0.05) is 0 Å². The summed E-state index contributed by atoms with van der Waals surface area (Å²) in [5.74, 6) is 0. The van der Waals surface area contributed by atoms with E-state index in [1.54, 1.807) is 19.1 Å². The highest BCUT2D eigenvalue weighted by Gasteiger charge is 2.24. The molecule has 5 heteroatoms. The number of halogens is 2. The van der Waals surface area contributed by atoms with Crippen molar-refractivity contribution in [1.82, 2.24) is 0 Å². The summed E-state index contributed by atoms with van der Waals surface area (Å²) < 4.78 is 0. The zero-order valence-corrected chi connectivity index (χ0v) is 9.23. The van der Waals surface area contributed by atoms with Crippen LogP contribution in [0.25, 0.3) is 0 Å². The van der Waals surface area contributed by atoms with Crippen LogP contribution in [-0.2, 0) is 5.54 Å². The Morgan fingerprint density at radius 2 is 1.93 bits per heavy atom. The molecule has 0 aromatic heterocycles. The van der Waals surface area contributed by atoms with Crippen molar-refractivity contribution in [3.05, 3.63) is 27.7 Å². The molecule has 3 nitrogen and oxygen atoms in total. The molecule has 0 spiro atoms. The molecule has 0 saturated carbocycles. The van der Waals surface area contributed by atoms with Gasteiger partial charge < -0.3 is 16.6 Å². The van der Waals surface area contributed by atoms with Crippen LogP contribution in [-0.4, -0.2) is 11.7 Å². The zero-order chi connectivity index (χ0) is 10.9. The normalized spacial score (nSPS) is 15.2. The number of hydrogen-bond acceptors (Lipinski definition) is 3. The molecule has 14 heavy (non-hydrogen) atoms. The van der Waals surface area contributed by atoms with Crippen molar-refractivity contribution in [1.29, 1.82) is 0 Å². The summed E-state index contributed by atoms with van der Waals surface area (Å²) in [6, 6.07) is 3.28. The number of rotatable bonds is 2. The molecule has 0 aliphatic heterocycles. The fraction of sp³-hybridized carbons (Fsp3) is 0.333. The summed E-state index contributed by atoms with van der Waals surface area (Å²) in [4.78, 5) is 0. The van der Waals surface area contributed by atoms with Gasteiger partial charge in [0.2, 0.25) is 0 Å². The Hall–Kier alpha value is -0.480. The fourth-order valence-corrected chi connectivity index (χ4v) is 1.64. The van der Waals surface area contributed by atoms with Crippen LogP contribution in [0, 0.1) is 0 Å². The zero-order valence-electron chi connectivity index (χ0n) is 7.72. The van der Waals surface area contributed by atoms with E-state index in [9.17, 15) is 0 Å². The quantitative estimate of drug-likeness (QED) is 0.683. The molecule has 0 saturated heterocycles. The molecule has 0 aliphatic rings. The minimum absolute atomic E-state index is 0.215. The first kappa shape index (κ1) is 11.6. The van der Waals surface area contributed by atoms with E-state index in [4.69, 9.17) is 39.8 Å². The molecule has 1 aromatic carbocycles. The molecule has 1 rings (SSSR count). The van der Waals surface area contributed by atoms with Gasteiger partial charge in [-0.15, -0.1) is 0 Å². The summed E-state index contributed by atoms with van der Waals surface area (Å²) >= 11 is 11.8. The lowest BCUT2D eigenvalue weighted by molar-refractivity contribution is 0.210.